The van der Waals surface area contributed by atoms with E-state index in [0.717, 1.165) is 50.1 Å². The quantitative estimate of drug-likeness (QED) is 0.746. The van der Waals surface area contributed by atoms with Gasteiger partial charge in [-0.15, -0.1) is 5.10 Å². The molecular weight excluding hydrogens is 262 g/mol. The summed E-state index contributed by atoms with van der Waals surface area (Å²) in [6, 6.07) is 0. The number of hydrogen-bond acceptors (Lipinski definition) is 4. The lowest BCUT2D eigenvalue weighted by Gasteiger charge is -2.33. The SMILES string of the molecule is CCCNCc1cn(CCN2CCC(C(C)C)CC2)nn1. The van der Waals surface area contributed by atoms with Gasteiger partial charge >= 0.3 is 0 Å². The van der Waals surface area contributed by atoms with Crippen LogP contribution in [0.5, 0.6) is 0 Å². The van der Waals surface area contributed by atoms with Crippen LogP contribution in [0.3, 0.4) is 0 Å². The van der Waals surface area contributed by atoms with Gasteiger partial charge in [0.2, 0.25) is 0 Å². The van der Waals surface area contributed by atoms with Crippen LogP contribution in [0.25, 0.3) is 0 Å². The number of likely N-dealkylation sites (tertiary alicyclic amines) is 1. The molecule has 2 heterocycles. The van der Waals surface area contributed by atoms with Gasteiger partial charge in [-0.25, -0.2) is 0 Å². The van der Waals surface area contributed by atoms with Crippen molar-refractivity contribution in [2.75, 3.05) is 26.2 Å². The molecule has 1 aromatic rings. The number of nitrogens with zero attached hydrogens (tertiary/aromatic N) is 4. The minimum Gasteiger partial charge on any atom is -0.311 e. The first-order valence-corrected chi connectivity index (χ1v) is 8.51. The second-order valence-electron chi connectivity index (χ2n) is 6.57. The molecule has 0 aliphatic carbocycles. The standard InChI is InChI=1S/C16H31N5/c1-4-7-17-12-16-13-21(19-18-16)11-10-20-8-5-15(6-9-20)14(2)3/h13-15,17H,4-12H2,1-3H3. The summed E-state index contributed by atoms with van der Waals surface area (Å²) >= 11 is 0. The predicted octanol–water partition coefficient (Wildman–Crippen LogP) is 2.15. The van der Waals surface area contributed by atoms with Crippen molar-refractivity contribution in [2.45, 2.75) is 53.1 Å². The first kappa shape index (κ1) is 16.4. The van der Waals surface area contributed by atoms with Crippen LogP contribution in [0.4, 0.5) is 0 Å². The van der Waals surface area contributed by atoms with Gasteiger partial charge in [-0.3, -0.25) is 4.68 Å². The van der Waals surface area contributed by atoms with Crippen LogP contribution in [0.1, 0.15) is 45.7 Å². The van der Waals surface area contributed by atoms with Crippen molar-refractivity contribution >= 4 is 0 Å². The van der Waals surface area contributed by atoms with E-state index < -0.39 is 0 Å². The van der Waals surface area contributed by atoms with E-state index in [1.807, 2.05) is 4.68 Å². The zero-order valence-corrected chi connectivity index (χ0v) is 13.9. The Balaban J connectivity index is 1.67. The van der Waals surface area contributed by atoms with E-state index in [4.69, 9.17) is 0 Å². The van der Waals surface area contributed by atoms with Crippen LogP contribution in [0.2, 0.25) is 0 Å². The van der Waals surface area contributed by atoms with Crippen molar-refractivity contribution in [3.8, 4) is 0 Å². The molecule has 0 radical (unpaired) electrons. The summed E-state index contributed by atoms with van der Waals surface area (Å²) < 4.78 is 1.98. The molecule has 0 bridgehead atoms. The highest BCUT2D eigenvalue weighted by Gasteiger charge is 2.21. The number of piperidine rings is 1. The summed E-state index contributed by atoms with van der Waals surface area (Å²) in [6.07, 6.45) is 5.92. The topological polar surface area (TPSA) is 46.0 Å². The van der Waals surface area contributed by atoms with E-state index in [-0.39, 0.29) is 0 Å². The maximum atomic E-state index is 4.22. The van der Waals surface area contributed by atoms with Crippen molar-refractivity contribution < 1.29 is 0 Å². The van der Waals surface area contributed by atoms with Crippen molar-refractivity contribution in [3.05, 3.63) is 11.9 Å². The van der Waals surface area contributed by atoms with Crippen LogP contribution in [-0.2, 0) is 13.1 Å². The van der Waals surface area contributed by atoms with Gasteiger partial charge in [0.15, 0.2) is 0 Å². The number of rotatable bonds is 8. The van der Waals surface area contributed by atoms with Gasteiger partial charge in [-0.1, -0.05) is 26.0 Å². The van der Waals surface area contributed by atoms with E-state index in [1.165, 1.54) is 25.9 Å². The van der Waals surface area contributed by atoms with Crippen LogP contribution in [0, 0.1) is 11.8 Å². The third kappa shape index (κ3) is 5.40. The normalized spacial score (nSPS) is 17.7. The summed E-state index contributed by atoms with van der Waals surface area (Å²) in [5.74, 6) is 1.75. The van der Waals surface area contributed by atoms with Gasteiger partial charge in [0.25, 0.3) is 0 Å². The average molecular weight is 293 g/mol. The van der Waals surface area contributed by atoms with E-state index in [9.17, 15) is 0 Å². The maximum absolute atomic E-state index is 4.22. The lowest BCUT2D eigenvalue weighted by Crippen LogP contribution is -2.37. The zero-order valence-electron chi connectivity index (χ0n) is 13.9. The molecule has 0 unspecified atom stereocenters. The molecule has 2 rings (SSSR count). The Kier molecular flexibility index (Phi) is 6.64. The second kappa shape index (κ2) is 8.49. The highest BCUT2D eigenvalue weighted by atomic mass is 15.4. The summed E-state index contributed by atoms with van der Waals surface area (Å²) in [6.45, 7) is 13.3. The van der Waals surface area contributed by atoms with Crippen LogP contribution < -0.4 is 5.32 Å². The van der Waals surface area contributed by atoms with Crippen LogP contribution >= 0.6 is 0 Å². The highest BCUT2D eigenvalue weighted by molar-refractivity contribution is 4.91. The lowest BCUT2D eigenvalue weighted by atomic mass is 9.87. The number of nitrogens with one attached hydrogen (secondary N) is 1. The van der Waals surface area contributed by atoms with Gasteiger partial charge in [0.05, 0.1) is 12.2 Å². The van der Waals surface area contributed by atoms with E-state index >= 15 is 0 Å². The largest absolute Gasteiger partial charge is 0.311 e. The smallest absolute Gasteiger partial charge is 0.0964 e. The van der Waals surface area contributed by atoms with Crippen LogP contribution in [0.15, 0.2) is 6.20 Å². The minimum absolute atomic E-state index is 0.827. The fourth-order valence-corrected chi connectivity index (χ4v) is 3.01. The van der Waals surface area contributed by atoms with Gasteiger partial charge in [0.1, 0.15) is 0 Å². The summed E-state index contributed by atoms with van der Waals surface area (Å²) in [4.78, 5) is 2.57. The predicted molar refractivity (Wildman–Crippen MR) is 86.0 cm³/mol. The first-order valence-electron chi connectivity index (χ1n) is 8.51. The second-order valence-corrected chi connectivity index (χ2v) is 6.57. The van der Waals surface area contributed by atoms with Gasteiger partial charge in [0, 0.05) is 19.3 Å². The van der Waals surface area contributed by atoms with Crippen molar-refractivity contribution in [1.82, 2.24) is 25.2 Å². The highest BCUT2D eigenvalue weighted by Crippen LogP contribution is 2.24. The fourth-order valence-electron chi connectivity index (χ4n) is 3.01. The molecule has 0 aromatic carbocycles. The molecule has 0 amide bonds. The Morgan fingerprint density at radius 1 is 1.29 bits per heavy atom. The van der Waals surface area contributed by atoms with Crippen molar-refractivity contribution in [3.63, 3.8) is 0 Å². The Hall–Kier alpha value is -0.940. The molecule has 1 fully saturated rings. The molecule has 0 spiro atoms. The number of hydrogen-bond donors (Lipinski definition) is 1. The molecule has 1 saturated heterocycles. The summed E-state index contributed by atoms with van der Waals surface area (Å²) in [5, 5.41) is 11.8. The maximum Gasteiger partial charge on any atom is 0.0964 e. The Morgan fingerprint density at radius 3 is 2.71 bits per heavy atom. The summed E-state index contributed by atoms with van der Waals surface area (Å²) in [5.41, 5.74) is 1.04. The van der Waals surface area contributed by atoms with Gasteiger partial charge in [-0.05, 0) is 50.7 Å². The van der Waals surface area contributed by atoms with E-state index in [2.05, 4.69) is 47.5 Å². The Morgan fingerprint density at radius 2 is 2.05 bits per heavy atom. The third-order valence-corrected chi connectivity index (χ3v) is 4.54. The lowest BCUT2D eigenvalue weighted by molar-refractivity contribution is 0.152. The monoisotopic (exact) mass is 293 g/mol. The molecule has 0 atom stereocenters. The minimum atomic E-state index is 0.827. The van der Waals surface area contributed by atoms with E-state index in [0.29, 0.717) is 0 Å². The molecule has 5 nitrogen and oxygen atoms in total. The average Bonchev–Trinajstić information content (AvgIpc) is 2.94. The molecule has 120 valence electrons. The molecule has 1 N–H and O–H groups in total. The molecule has 1 aromatic heterocycles. The van der Waals surface area contributed by atoms with Gasteiger partial charge in [-0.2, -0.15) is 0 Å². The van der Waals surface area contributed by atoms with Crippen molar-refractivity contribution in [2.24, 2.45) is 11.8 Å². The van der Waals surface area contributed by atoms with Gasteiger partial charge < -0.3 is 10.2 Å². The third-order valence-electron chi connectivity index (χ3n) is 4.54. The fraction of sp³-hybridized carbons (Fsp3) is 0.875. The first-order chi connectivity index (χ1) is 10.2. The van der Waals surface area contributed by atoms with Crippen molar-refractivity contribution in [1.29, 1.82) is 0 Å². The molecule has 21 heavy (non-hydrogen) atoms. The molecule has 1 aliphatic heterocycles. The summed E-state index contributed by atoms with van der Waals surface area (Å²) in [7, 11) is 0. The Labute approximate surface area is 129 Å². The molecule has 5 heteroatoms. The molecular formula is C16H31N5. The Bertz CT molecular complexity index is 393. The molecule has 1 aliphatic rings. The number of aromatic nitrogens is 3. The van der Waals surface area contributed by atoms with Crippen LogP contribution in [-0.4, -0.2) is 46.1 Å². The zero-order chi connectivity index (χ0) is 15.1. The molecule has 0 saturated carbocycles. The van der Waals surface area contributed by atoms with E-state index in [1.54, 1.807) is 0 Å².